The molecule has 1 aromatic heterocycles. The third-order valence-corrected chi connectivity index (χ3v) is 3.61. The summed E-state index contributed by atoms with van der Waals surface area (Å²) < 4.78 is 50.9. The van der Waals surface area contributed by atoms with Crippen LogP contribution in [0.15, 0.2) is 42.5 Å². The van der Waals surface area contributed by atoms with E-state index < -0.39 is 11.7 Å². The van der Waals surface area contributed by atoms with Gasteiger partial charge < -0.3 is 4.98 Å². The summed E-state index contributed by atoms with van der Waals surface area (Å²) in [5, 5.41) is 0. The number of nitrogens with zero attached hydrogens (tertiary/aromatic N) is 1. The largest absolute Gasteiger partial charge is 0.416 e. The van der Waals surface area contributed by atoms with Gasteiger partial charge in [0.05, 0.1) is 16.6 Å². The van der Waals surface area contributed by atoms with Crippen LogP contribution < -0.4 is 0 Å². The number of aromatic nitrogens is 2. The molecule has 0 saturated heterocycles. The van der Waals surface area contributed by atoms with Crippen molar-refractivity contribution in [2.24, 2.45) is 0 Å². The summed E-state index contributed by atoms with van der Waals surface area (Å²) in [6.45, 7) is 1.83. The normalized spacial score (nSPS) is 13.5. The first kappa shape index (κ1) is 14.6. The van der Waals surface area contributed by atoms with E-state index in [1.54, 1.807) is 6.07 Å². The van der Waals surface area contributed by atoms with E-state index in [0.717, 1.165) is 12.1 Å². The number of imidazole rings is 1. The second-order valence-corrected chi connectivity index (χ2v) is 5.12. The molecule has 0 saturated carbocycles. The predicted octanol–water partition coefficient (Wildman–Crippen LogP) is 4.87. The van der Waals surface area contributed by atoms with Gasteiger partial charge >= 0.3 is 6.18 Å². The average molecular weight is 308 g/mol. The molecule has 3 rings (SSSR count). The van der Waals surface area contributed by atoms with Crippen LogP contribution in [0, 0.1) is 5.82 Å². The Kier molecular flexibility index (Phi) is 3.39. The Labute approximate surface area is 123 Å². The highest BCUT2D eigenvalue weighted by Gasteiger charge is 2.30. The molecule has 1 unspecified atom stereocenters. The summed E-state index contributed by atoms with van der Waals surface area (Å²) in [5.41, 5.74) is 1.20. The number of alkyl halides is 3. The number of hydrogen-bond donors (Lipinski definition) is 1. The third-order valence-electron chi connectivity index (χ3n) is 3.61. The highest BCUT2D eigenvalue weighted by atomic mass is 19.4. The number of nitrogens with one attached hydrogen (secondary N) is 1. The first-order valence-electron chi connectivity index (χ1n) is 6.67. The van der Waals surface area contributed by atoms with Gasteiger partial charge in [0.1, 0.15) is 11.6 Å². The van der Waals surface area contributed by atoms with E-state index in [-0.39, 0.29) is 11.7 Å². The van der Waals surface area contributed by atoms with E-state index in [1.165, 1.54) is 24.3 Å². The van der Waals surface area contributed by atoms with Crippen LogP contribution in [0.1, 0.15) is 29.8 Å². The molecule has 0 bridgehead atoms. The summed E-state index contributed by atoms with van der Waals surface area (Å²) in [7, 11) is 0. The van der Waals surface area contributed by atoms with Crippen LogP contribution in [0.25, 0.3) is 11.0 Å². The first-order chi connectivity index (χ1) is 10.3. The van der Waals surface area contributed by atoms with Gasteiger partial charge in [0.2, 0.25) is 0 Å². The molecule has 1 atom stereocenters. The minimum atomic E-state index is -4.35. The van der Waals surface area contributed by atoms with Gasteiger partial charge in [0.25, 0.3) is 0 Å². The Morgan fingerprint density at radius 3 is 2.36 bits per heavy atom. The summed E-state index contributed by atoms with van der Waals surface area (Å²) in [6, 6.07) is 9.18. The molecule has 0 aliphatic rings. The molecule has 114 valence electrons. The Hall–Kier alpha value is -2.37. The lowest BCUT2D eigenvalue weighted by molar-refractivity contribution is -0.137. The monoisotopic (exact) mass is 308 g/mol. The number of halogens is 4. The van der Waals surface area contributed by atoms with Crippen molar-refractivity contribution in [3.63, 3.8) is 0 Å². The molecule has 0 amide bonds. The number of benzene rings is 2. The number of H-pyrrole nitrogens is 1. The zero-order valence-electron chi connectivity index (χ0n) is 11.6. The SMILES string of the molecule is CC(c1ccc(C(F)(F)F)cc1)c1nc2ccc(F)cc2[nH]1. The fraction of sp³-hybridized carbons (Fsp3) is 0.188. The molecule has 6 heteroatoms. The molecular weight excluding hydrogens is 296 g/mol. The standard InChI is InChI=1S/C16H12F4N2/c1-9(10-2-4-11(5-3-10)16(18,19)20)15-21-13-7-6-12(17)8-14(13)22-15/h2-9H,1H3,(H,21,22). The van der Waals surface area contributed by atoms with Crippen molar-refractivity contribution in [1.29, 1.82) is 0 Å². The van der Waals surface area contributed by atoms with Gasteiger partial charge in [-0.1, -0.05) is 19.1 Å². The maximum absolute atomic E-state index is 13.2. The van der Waals surface area contributed by atoms with Gasteiger partial charge in [0, 0.05) is 5.92 Å². The lowest BCUT2D eigenvalue weighted by atomic mass is 9.99. The van der Waals surface area contributed by atoms with Crippen molar-refractivity contribution in [2.45, 2.75) is 19.0 Å². The van der Waals surface area contributed by atoms with Crippen LogP contribution in [-0.4, -0.2) is 9.97 Å². The summed E-state index contributed by atoms with van der Waals surface area (Å²) in [6.07, 6.45) is -4.35. The number of hydrogen-bond acceptors (Lipinski definition) is 1. The predicted molar refractivity (Wildman–Crippen MR) is 75.0 cm³/mol. The van der Waals surface area contributed by atoms with Crippen molar-refractivity contribution < 1.29 is 17.6 Å². The Morgan fingerprint density at radius 2 is 1.73 bits per heavy atom. The van der Waals surface area contributed by atoms with Gasteiger partial charge in [0.15, 0.2) is 0 Å². The first-order valence-corrected chi connectivity index (χ1v) is 6.67. The van der Waals surface area contributed by atoms with Gasteiger partial charge in [-0.05, 0) is 35.9 Å². The van der Waals surface area contributed by atoms with Crippen LogP contribution in [0.2, 0.25) is 0 Å². The molecule has 0 spiro atoms. The summed E-state index contributed by atoms with van der Waals surface area (Å²) in [4.78, 5) is 7.36. The topological polar surface area (TPSA) is 28.7 Å². The quantitative estimate of drug-likeness (QED) is 0.672. The van der Waals surface area contributed by atoms with Crippen LogP contribution in [0.3, 0.4) is 0 Å². The van der Waals surface area contributed by atoms with Crippen molar-refractivity contribution in [1.82, 2.24) is 9.97 Å². The fourth-order valence-corrected chi connectivity index (χ4v) is 2.33. The second kappa shape index (κ2) is 5.12. The summed E-state index contributed by atoms with van der Waals surface area (Å²) >= 11 is 0. The minimum Gasteiger partial charge on any atom is -0.341 e. The van der Waals surface area contributed by atoms with Gasteiger partial charge in [-0.15, -0.1) is 0 Å². The molecule has 0 aliphatic carbocycles. The van der Waals surface area contributed by atoms with Crippen LogP contribution in [-0.2, 0) is 6.18 Å². The van der Waals surface area contributed by atoms with Crippen molar-refractivity contribution in [3.8, 4) is 0 Å². The molecule has 2 nitrogen and oxygen atoms in total. The molecule has 0 fully saturated rings. The molecule has 0 radical (unpaired) electrons. The molecule has 2 aromatic carbocycles. The molecular formula is C16H12F4N2. The van der Waals surface area contributed by atoms with Crippen molar-refractivity contribution in [3.05, 3.63) is 65.2 Å². The zero-order valence-corrected chi connectivity index (χ0v) is 11.6. The molecule has 3 aromatic rings. The second-order valence-electron chi connectivity index (χ2n) is 5.12. The van der Waals surface area contributed by atoms with Crippen LogP contribution >= 0.6 is 0 Å². The van der Waals surface area contributed by atoms with Crippen LogP contribution in [0.4, 0.5) is 17.6 Å². The third kappa shape index (κ3) is 2.68. The Bertz CT molecular complexity index is 803. The lowest BCUT2D eigenvalue weighted by Crippen LogP contribution is -2.05. The van der Waals surface area contributed by atoms with E-state index in [2.05, 4.69) is 9.97 Å². The van der Waals surface area contributed by atoms with Gasteiger partial charge in [-0.2, -0.15) is 13.2 Å². The Balaban J connectivity index is 1.93. The molecule has 1 heterocycles. The molecule has 1 N–H and O–H groups in total. The van der Waals surface area contributed by atoms with E-state index >= 15 is 0 Å². The highest BCUT2D eigenvalue weighted by Crippen LogP contribution is 2.31. The molecule has 22 heavy (non-hydrogen) atoms. The Morgan fingerprint density at radius 1 is 1.05 bits per heavy atom. The molecule has 0 aliphatic heterocycles. The van der Waals surface area contributed by atoms with Crippen molar-refractivity contribution in [2.75, 3.05) is 0 Å². The van der Waals surface area contributed by atoms with E-state index in [1.807, 2.05) is 6.92 Å². The fourth-order valence-electron chi connectivity index (χ4n) is 2.33. The van der Waals surface area contributed by atoms with E-state index in [4.69, 9.17) is 0 Å². The van der Waals surface area contributed by atoms with Gasteiger partial charge in [-0.25, -0.2) is 9.37 Å². The maximum Gasteiger partial charge on any atom is 0.416 e. The minimum absolute atomic E-state index is 0.224. The smallest absolute Gasteiger partial charge is 0.341 e. The average Bonchev–Trinajstić information content (AvgIpc) is 2.88. The van der Waals surface area contributed by atoms with E-state index in [0.29, 0.717) is 22.4 Å². The highest BCUT2D eigenvalue weighted by molar-refractivity contribution is 5.75. The number of rotatable bonds is 2. The maximum atomic E-state index is 13.2. The zero-order chi connectivity index (χ0) is 15.9. The lowest BCUT2D eigenvalue weighted by Gasteiger charge is -2.11. The number of fused-ring (bicyclic) bond motifs is 1. The summed E-state index contributed by atoms with van der Waals surface area (Å²) in [5.74, 6) is -0.0111. The van der Waals surface area contributed by atoms with Crippen LogP contribution in [0.5, 0.6) is 0 Å². The van der Waals surface area contributed by atoms with Crippen molar-refractivity contribution >= 4 is 11.0 Å². The number of aromatic amines is 1. The van der Waals surface area contributed by atoms with E-state index in [9.17, 15) is 17.6 Å². The van der Waals surface area contributed by atoms with Gasteiger partial charge in [-0.3, -0.25) is 0 Å².